The lowest BCUT2D eigenvalue weighted by molar-refractivity contribution is 0.0948. The number of carbonyl (C=O) groups excluding carboxylic acids is 1. The zero-order chi connectivity index (χ0) is 15.2. The fourth-order valence-corrected chi connectivity index (χ4v) is 2.88. The molecule has 0 bridgehead atoms. The predicted molar refractivity (Wildman–Crippen MR) is 79.4 cm³/mol. The molecule has 1 unspecified atom stereocenters. The first-order valence-electron chi connectivity index (χ1n) is 7.55. The summed E-state index contributed by atoms with van der Waals surface area (Å²) in [7, 11) is 0. The Morgan fingerprint density at radius 1 is 1.48 bits per heavy atom. The molecule has 0 radical (unpaired) electrons. The standard InChI is InChI=1S/C13H25N7O/c1-3-19(4-2)11-5-6-18(9-11)7-8-20-10-12(16-17-20)13(21)15-14/h10-11H,3-9,14H2,1-2H3,(H,15,21). The van der Waals surface area contributed by atoms with Crippen molar-refractivity contribution in [3.05, 3.63) is 11.9 Å². The van der Waals surface area contributed by atoms with E-state index in [-0.39, 0.29) is 5.69 Å². The summed E-state index contributed by atoms with van der Waals surface area (Å²) in [6.07, 6.45) is 2.85. The Bertz CT molecular complexity index is 457. The highest BCUT2D eigenvalue weighted by Gasteiger charge is 2.25. The summed E-state index contributed by atoms with van der Waals surface area (Å²) in [6.45, 7) is 10.5. The molecule has 0 saturated carbocycles. The summed E-state index contributed by atoms with van der Waals surface area (Å²) in [6, 6.07) is 0.661. The number of nitrogens with zero attached hydrogens (tertiary/aromatic N) is 5. The Morgan fingerprint density at radius 2 is 2.24 bits per heavy atom. The zero-order valence-corrected chi connectivity index (χ0v) is 12.8. The second-order valence-electron chi connectivity index (χ2n) is 5.30. The average molecular weight is 295 g/mol. The molecule has 3 N–H and O–H groups in total. The van der Waals surface area contributed by atoms with Crippen LogP contribution in [0.5, 0.6) is 0 Å². The number of amides is 1. The van der Waals surface area contributed by atoms with Crippen LogP contribution >= 0.6 is 0 Å². The summed E-state index contributed by atoms with van der Waals surface area (Å²) in [5.41, 5.74) is 2.30. The van der Waals surface area contributed by atoms with Crippen molar-refractivity contribution in [2.45, 2.75) is 32.9 Å². The quantitative estimate of drug-likeness (QED) is 0.392. The summed E-state index contributed by atoms with van der Waals surface area (Å²) >= 11 is 0. The third-order valence-corrected chi connectivity index (χ3v) is 4.12. The fourth-order valence-electron chi connectivity index (χ4n) is 2.88. The lowest BCUT2D eigenvalue weighted by Crippen LogP contribution is -2.37. The van der Waals surface area contributed by atoms with Gasteiger partial charge < -0.3 is 0 Å². The van der Waals surface area contributed by atoms with E-state index < -0.39 is 5.91 Å². The Morgan fingerprint density at radius 3 is 2.90 bits per heavy atom. The number of hydrogen-bond donors (Lipinski definition) is 2. The monoisotopic (exact) mass is 295 g/mol. The summed E-state index contributed by atoms with van der Waals surface area (Å²) in [4.78, 5) is 16.3. The molecule has 1 aromatic heterocycles. The first-order valence-corrected chi connectivity index (χ1v) is 7.55. The number of hydrogen-bond acceptors (Lipinski definition) is 6. The van der Waals surface area contributed by atoms with Gasteiger partial charge >= 0.3 is 0 Å². The molecule has 21 heavy (non-hydrogen) atoms. The van der Waals surface area contributed by atoms with Gasteiger partial charge in [-0.25, -0.2) is 5.84 Å². The molecule has 1 saturated heterocycles. The molecule has 1 atom stereocenters. The van der Waals surface area contributed by atoms with Gasteiger partial charge in [0.25, 0.3) is 5.91 Å². The van der Waals surface area contributed by atoms with Crippen molar-refractivity contribution in [2.24, 2.45) is 5.84 Å². The number of hydrazine groups is 1. The molecule has 8 heteroatoms. The van der Waals surface area contributed by atoms with Gasteiger partial charge in [0.05, 0.1) is 12.7 Å². The van der Waals surface area contributed by atoms with Crippen molar-refractivity contribution in [3.63, 3.8) is 0 Å². The number of nitrogens with two attached hydrogens (primary N) is 1. The van der Waals surface area contributed by atoms with E-state index >= 15 is 0 Å². The van der Waals surface area contributed by atoms with Crippen molar-refractivity contribution < 1.29 is 4.79 Å². The van der Waals surface area contributed by atoms with Crippen molar-refractivity contribution in [3.8, 4) is 0 Å². The van der Waals surface area contributed by atoms with E-state index in [1.807, 2.05) is 0 Å². The van der Waals surface area contributed by atoms with Crippen LogP contribution < -0.4 is 11.3 Å². The predicted octanol–water partition coefficient (Wildman–Crippen LogP) is -0.702. The van der Waals surface area contributed by atoms with E-state index in [0.29, 0.717) is 6.04 Å². The van der Waals surface area contributed by atoms with Gasteiger partial charge in [-0.15, -0.1) is 5.10 Å². The average Bonchev–Trinajstić information content (AvgIpc) is 3.15. The molecule has 1 fully saturated rings. The molecule has 0 spiro atoms. The second-order valence-corrected chi connectivity index (χ2v) is 5.30. The van der Waals surface area contributed by atoms with Crippen LogP contribution in [0.2, 0.25) is 0 Å². The van der Waals surface area contributed by atoms with Gasteiger partial charge in [0.2, 0.25) is 0 Å². The van der Waals surface area contributed by atoms with Gasteiger partial charge in [-0.1, -0.05) is 19.1 Å². The summed E-state index contributed by atoms with van der Waals surface area (Å²) in [5.74, 6) is 4.65. The molecule has 0 aliphatic carbocycles. The Labute approximate surface area is 125 Å². The SMILES string of the molecule is CCN(CC)C1CCN(CCn2cc(C(=O)NN)nn2)C1. The summed E-state index contributed by atoms with van der Waals surface area (Å²) < 4.78 is 1.69. The van der Waals surface area contributed by atoms with Crippen molar-refractivity contribution in [1.82, 2.24) is 30.2 Å². The molecule has 1 aliphatic heterocycles. The van der Waals surface area contributed by atoms with E-state index in [9.17, 15) is 4.79 Å². The van der Waals surface area contributed by atoms with Gasteiger partial charge in [-0.05, 0) is 26.1 Å². The largest absolute Gasteiger partial charge is 0.300 e. The Kier molecular flexibility index (Phi) is 5.66. The van der Waals surface area contributed by atoms with E-state index in [0.717, 1.165) is 39.3 Å². The van der Waals surface area contributed by atoms with Crippen LogP contribution in [0.4, 0.5) is 0 Å². The topological polar surface area (TPSA) is 92.3 Å². The van der Waals surface area contributed by atoms with E-state index in [4.69, 9.17) is 5.84 Å². The maximum atomic E-state index is 11.3. The third-order valence-electron chi connectivity index (χ3n) is 4.12. The molecule has 1 aromatic rings. The van der Waals surface area contributed by atoms with Crippen LogP contribution in [0.15, 0.2) is 6.20 Å². The minimum atomic E-state index is -0.413. The normalized spacial score (nSPS) is 19.3. The van der Waals surface area contributed by atoms with E-state index in [2.05, 4.69) is 39.4 Å². The third kappa shape index (κ3) is 3.99. The van der Waals surface area contributed by atoms with Gasteiger partial charge in [0, 0.05) is 19.1 Å². The molecular formula is C13H25N7O. The maximum absolute atomic E-state index is 11.3. The minimum absolute atomic E-state index is 0.250. The van der Waals surface area contributed by atoms with E-state index in [1.165, 1.54) is 6.42 Å². The number of rotatable bonds is 7. The molecule has 8 nitrogen and oxygen atoms in total. The number of nitrogens with one attached hydrogen (secondary N) is 1. The molecule has 2 heterocycles. The molecule has 1 amide bonds. The number of likely N-dealkylation sites (N-methyl/N-ethyl adjacent to an activating group) is 1. The van der Waals surface area contributed by atoms with Gasteiger partial charge in [0.1, 0.15) is 0 Å². The lowest BCUT2D eigenvalue weighted by atomic mass is 10.2. The highest BCUT2D eigenvalue weighted by Crippen LogP contribution is 2.15. The lowest BCUT2D eigenvalue weighted by Gasteiger charge is -2.26. The van der Waals surface area contributed by atoms with Crippen molar-refractivity contribution in [2.75, 3.05) is 32.7 Å². The minimum Gasteiger partial charge on any atom is -0.300 e. The van der Waals surface area contributed by atoms with Crippen LogP contribution in [0.25, 0.3) is 0 Å². The molecule has 118 valence electrons. The van der Waals surface area contributed by atoms with Crippen molar-refractivity contribution in [1.29, 1.82) is 0 Å². The fraction of sp³-hybridized carbons (Fsp3) is 0.769. The van der Waals surface area contributed by atoms with Crippen LogP contribution in [-0.4, -0.2) is 69.5 Å². The van der Waals surface area contributed by atoms with E-state index in [1.54, 1.807) is 10.9 Å². The van der Waals surface area contributed by atoms with Gasteiger partial charge in [-0.3, -0.25) is 24.7 Å². The number of carbonyl (C=O) groups is 1. The first-order chi connectivity index (χ1) is 10.2. The van der Waals surface area contributed by atoms with Crippen molar-refractivity contribution >= 4 is 5.91 Å². The number of likely N-dealkylation sites (tertiary alicyclic amines) is 1. The molecule has 1 aliphatic rings. The van der Waals surface area contributed by atoms with Gasteiger partial charge in [-0.2, -0.15) is 0 Å². The van der Waals surface area contributed by atoms with Crippen LogP contribution in [0.1, 0.15) is 30.8 Å². The molecular weight excluding hydrogens is 270 g/mol. The zero-order valence-electron chi connectivity index (χ0n) is 12.8. The molecule has 2 rings (SSSR count). The Hall–Kier alpha value is -1.51. The first kappa shape index (κ1) is 15.9. The highest BCUT2D eigenvalue weighted by molar-refractivity contribution is 5.91. The number of aromatic nitrogens is 3. The smallest absolute Gasteiger partial charge is 0.287 e. The van der Waals surface area contributed by atoms with Crippen LogP contribution in [0, 0.1) is 0 Å². The Balaban J connectivity index is 1.79. The molecule has 0 aromatic carbocycles. The van der Waals surface area contributed by atoms with Gasteiger partial charge in [0.15, 0.2) is 5.69 Å². The van der Waals surface area contributed by atoms with Crippen LogP contribution in [0.3, 0.4) is 0 Å². The number of nitrogen functional groups attached to an aromatic ring is 1. The highest BCUT2D eigenvalue weighted by atomic mass is 16.2. The maximum Gasteiger partial charge on any atom is 0.287 e. The summed E-state index contributed by atoms with van der Waals surface area (Å²) in [5, 5.41) is 7.74. The van der Waals surface area contributed by atoms with Crippen LogP contribution in [-0.2, 0) is 6.54 Å². The second kappa shape index (κ2) is 7.48.